The zero-order chi connectivity index (χ0) is 12.1. The van der Waals surface area contributed by atoms with E-state index in [0.717, 1.165) is 26.0 Å². The van der Waals surface area contributed by atoms with Gasteiger partial charge in [-0.3, -0.25) is 0 Å². The molecule has 2 rings (SSSR count). The predicted octanol–water partition coefficient (Wildman–Crippen LogP) is 2.69. The van der Waals surface area contributed by atoms with Gasteiger partial charge < -0.3 is 15.8 Å². The highest BCUT2D eigenvalue weighted by Crippen LogP contribution is 2.20. The zero-order valence-corrected chi connectivity index (χ0v) is 10.5. The number of ether oxygens (including phenoxy) is 1. The summed E-state index contributed by atoms with van der Waals surface area (Å²) in [6, 6.07) is 1.70. The molecule has 1 saturated heterocycles. The summed E-state index contributed by atoms with van der Waals surface area (Å²) in [6.07, 6.45) is 6.58. The molecule has 1 unspecified atom stereocenters. The van der Waals surface area contributed by atoms with Gasteiger partial charge in [-0.05, 0) is 31.7 Å². The molecule has 1 fully saturated rings. The van der Waals surface area contributed by atoms with E-state index in [4.69, 9.17) is 22.1 Å². The van der Waals surface area contributed by atoms with E-state index in [-0.39, 0.29) is 0 Å². The van der Waals surface area contributed by atoms with Crippen molar-refractivity contribution in [2.75, 3.05) is 24.2 Å². The molecule has 1 atom stereocenters. The van der Waals surface area contributed by atoms with E-state index in [9.17, 15) is 0 Å². The second-order valence-electron chi connectivity index (χ2n) is 4.30. The Kier molecular flexibility index (Phi) is 4.45. The van der Waals surface area contributed by atoms with Crippen molar-refractivity contribution in [2.45, 2.75) is 31.8 Å². The number of pyridine rings is 1. The number of nitrogens with one attached hydrogen (secondary N) is 1. The lowest BCUT2D eigenvalue weighted by Crippen LogP contribution is -2.22. The van der Waals surface area contributed by atoms with E-state index in [2.05, 4.69) is 10.3 Å². The number of halogens is 1. The van der Waals surface area contributed by atoms with Gasteiger partial charge in [-0.2, -0.15) is 0 Å². The molecule has 0 spiro atoms. The summed E-state index contributed by atoms with van der Waals surface area (Å²) in [4.78, 5) is 4.15. The number of anilines is 2. The van der Waals surface area contributed by atoms with Crippen molar-refractivity contribution < 1.29 is 4.74 Å². The van der Waals surface area contributed by atoms with Crippen LogP contribution in [0.4, 0.5) is 11.5 Å². The average Bonchev–Trinajstić information content (AvgIpc) is 2.33. The van der Waals surface area contributed by atoms with Crippen molar-refractivity contribution >= 4 is 23.1 Å². The molecule has 1 aromatic rings. The quantitative estimate of drug-likeness (QED) is 0.869. The van der Waals surface area contributed by atoms with Crippen LogP contribution < -0.4 is 11.1 Å². The summed E-state index contributed by atoms with van der Waals surface area (Å²) < 4.78 is 5.65. The molecule has 2 heterocycles. The Labute approximate surface area is 107 Å². The van der Waals surface area contributed by atoms with Gasteiger partial charge >= 0.3 is 0 Å². The molecule has 3 N–H and O–H groups in total. The third-order valence-electron chi connectivity index (χ3n) is 2.92. The molecule has 0 aromatic carbocycles. The molecular formula is C12H18ClN3O. The maximum absolute atomic E-state index is 5.80. The summed E-state index contributed by atoms with van der Waals surface area (Å²) in [6.45, 7) is 1.72. The Balaban J connectivity index is 1.77. The number of aromatic nitrogens is 1. The highest BCUT2D eigenvalue weighted by Gasteiger charge is 2.13. The van der Waals surface area contributed by atoms with Gasteiger partial charge in [0.2, 0.25) is 0 Å². The van der Waals surface area contributed by atoms with E-state index in [1.807, 2.05) is 0 Å². The standard InChI is InChI=1S/C12H18ClN3O/c13-9-7-11(14)12(16-8-9)15-5-4-10-3-1-2-6-17-10/h7-8,10H,1-6,14H2,(H,15,16). The fraction of sp³-hybridized carbons (Fsp3) is 0.583. The Hall–Kier alpha value is -1.00. The van der Waals surface area contributed by atoms with Crippen LogP contribution in [0.25, 0.3) is 0 Å². The van der Waals surface area contributed by atoms with Crippen LogP contribution in [-0.2, 0) is 4.74 Å². The molecular weight excluding hydrogens is 238 g/mol. The first kappa shape index (κ1) is 12.5. The fourth-order valence-electron chi connectivity index (χ4n) is 1.99. The SMILES string of the molecule is Nc1cc(Cl)cnc1NCCC1CCCCO1. The van der Waals surface area contributed by atoms with E-state index in [0.29, 0.717) is 22.6 Å². The molecule has 5 heteroatoms. The summed E-state index contributed by atoms with van der Waals surface area (Å²) in [7, 11) is 0. The van der Waals surface area contributed by atoms with Crippen LogP contribution in [0.1, 0.15) is 25.7 Å². The van der Waals surface area contributed by atoms with Crippen LogP contribution in [0.3, 0.4) is 0 Å². The molecule has 1 aromatic heterocycles. The average molecular weight is 256 g/mol. The molecule has 0 amide bonds. The lowest BCUT2D eigenvalue weighted by atomic mass is 10.1. The monoisotopic (exact) mass is 255 g/mol. The van der Waals surface area contributed by atoms with E-state index in [1.54, 1.807) is 12.3 Å². The van der Waals surface area contributed by atoms with Crippen molar-refractivity contribution in [1.82, 2.24) is 4.98 Å². The molecule has 0 aliphatic carbocycles. The Morgan fingerprint density at radius 2 is 2.41 bits per heavy atom. The van der Waals surface area contributed by atoms with Crippen LogP contribution >= 0.6 is 11.6 Å². The maximum atomic E-state index is 5.80. The van der Waals surface area contributed by atoms with Crippen LogP contribution in [0.5, 0.6) is 0 Å². The van der Waals surface area contributed by atoms with E-state index >= 15 is 0 Å². The molecule has 1 aliphatic rings. The molecule has 4 nitrogen and oxygen atoms in total. The molecule has 94 valence electrons. The zero-order valence-electron chi connectivity index (χ0n) is 9.79. The first-order valence-corrected chi connectivity index (χ1v) is 6.40. The smallest absolute Gasteiger partial charge is 0.149 e. The van der Waals surface area contributed by atoms with Gasteiger partial charge in [0.15, 0.2) is 0 Å². The Bertz CT molecular complexity index is 367. The van der Waals surface area contributed by atoms with Gasteiger partial charge in [-0.25, -0.2) is 4.98 Å². The van der Waals surface area contributed by atoms with Crippen molar-refractivity contribution in [1.29, 1.82) is 0 Å². The maximum Gasteiger partial charge on any atom is 0.149 e. The molecule has 0 saturated carbocycles. The normalized spacial score (nSPS) is 20.2. The minimum Gasteiger partial charge on any atom is -0.396 e. The van der Waals surface area contributed by atoms with Gasteiger partial charge in [0.25, 0.3) is 0 Å². The van der Waals surface area contributed by atoms with Crippen LogP contribution in [0, 0.1) is 0 Å². The lowest BCUT2D eigenvalue weighted by Gasteiger charge is -2.22. The summed E-state index contributed by atoms with van der Waals surface area (Å²) in [5, 5.41) is 3.77. The van der Waals surface area contributed by atoms with Crippen molar-refractivity contribution in [3.05, 3.63) is 17.3 Å². The Morgan fingerprint density at radius 1 is 1.53 bits per heavy atom. The number of nitrogens with two attached hydrogens (primary N) is 1. The summed E-state index contributed by atoms with van der Waals surface area (Å²) >= 11 is 5.78. The number of rotatable bonds is 4. The van der Waals surface area contributed by atoms with Gasteiger partial charge in [0, 0.05) is 19.3 Å². The third kappa shape index (κ3) is 3.75. The van der Waals surface area contributed by atoms with Gasteiger partial charge in [0.05, 0.1) is 16.8 Å². The second-order valence-corrected chi connectivity index (χ2v) is 4.73. The van der Waals surface area contributed by atoms with Gasteiger partial charge in [0.1, 0.15) is 5.82 Å². The first-order valence-electron chi connectivity index (χ1n) is 6.02. The number of hydrogen-bond donors (Lipinski definition) is 2. The van der Waals surface area contributed by atoms with Crippen LogP contribution in [-0.4, -0.2) is 24.2 Å². The largest absolute Gasteiger partial charge is 0.396 e. The highest BCUT2D eigenvalue weighted by atomic mass is 35.5. The van der Waals surface area contributed by atoms with E-state index in [1.165, 1.54) is 12.8 Å². The molecule has 0 bridgehead atoms. The summed E-state index contributed by atoms with van der Waals surface area (Å²) in [5.41, 5.74) is 6.39. The first-order chi connectivity index (χ1) is 8.25. The number of nitrogens with zero attached hydrogens (tertiary/aromatic N) is 1. The number of hydrogen-bond acceptors (Lipinski definition) is 4. The molecule has 0 radical (unpaired) electrons. The number of nitrogen functional groups attached to an aromatic ring is 1. The molecule has 1 aliphatic heterocycles. The van der Waals surface area contributed by atoms with Crippen LogP contribution in [0.15, 0.2) is 12.3 Å². The van der Waals surface area contributed by atoms with E-state index < -0.39 is 0 Å². The van der Waals surface area contributed by atoms with Gasteiger partial charge in [-0.1, -0.05) is 11.6 Å². The Morgan fingerprint density at radius 3 is 3.12 bits per heavy atom. The minimum absolute atomic E-state index is 0.379. The van der Waals surface area contributed by atoms with Crippen molar-refractivity contribution in [3.63, 3.8) is 0 Å². The molecule has 17 heavy (non-hydrogen) atoms. The lowest BCUT2D eigenvalue weighted by molar-refractivity contribution is 0.0134. The summed E-state index contributed by atoms with van der Waals surface area (Å²) in [5.74, 6) is 0.699. The van der Waals surface area contributed by atoms with Crippen molar-refractivity contribution in [3.8, 4) is 0 Å². The topological polar surface area (TPSA) is 60.2 Å². The predicted molar refractivity (Wildman–Crippen MR) is 70.4 cm³/mol. The van der Waals surface area contributed by atoms with Gasteiger partial charge in [-0.15, -0.1) is 0 Å². The highest BCUT2D eigenvalue weighted by molar-refractivity contribution is 6.30. The van der Waals surface area contributed by atoms with Crippen LogP contribution in [0.2, 0.25) is 5.02 Å². The van der Waals surface area contributed by atoms with Crippen molar-refractivity contribution in [2.24, 2.45) is 0 Å². The third-order valence-corrected chi connectivity index (χ3v) is 3.12. The second kappa shape index (κ2) is 6.07. The minimum atomic E-state index is 0.379. The fourth-order valence-corrected chi connectivity index (χ4v) is 2.16.